The van der Waals surface area contributed by atoms with E-state index in [1.54, 1.807) is 12.3 Å². The minimum atomic E-state index is -0.494. The van der Waals surface area contributed by atoms with Gasteiger partial charge in [-0.05, 0) is 30.4 Å². The summed E-state index contributed by atoms with van der Waals surface area (Å²) in [6.45, 7) is 0. The summed E-state index contributed by atoms with van der Waals surface area (Å²) < 4.78 is 0. The average Bonchev–Trinajstić information content (AvgIpc) is 2.59. The molecule has 0 aliphatic heterocycles. The molecule has 5 nitrogen and oxygen atoms in total. The van der Waals surface area contributed by atoms with Crippen LogP contribution in [0.3, 0.4) is 0 Å². The van der Waals surface area contributed by atoms with Crippen molar-refractivity contribution in [3.05, 3.63) is 88.1 Å². The molecule has 0 fully saturated rings. The number of pyridine rings is 1. The summed E-state index contributed by atoms with van der Waals surface area (Å²) in [6, 6.07) is 15.1. The first-order valence-corrected chi connectivity index (χ1v) is 6.96. The maximum atomic E-state index is 12.2. The minimum absolute atomic E-state index is 0.0382. The number of carbonyl (C=O) groups excluding carboxylic acids is 1. The topological polar surface area (TPSA) is 73.1 Å². The van der Waals surface area contributed by atoms with Crippen molar-refractivity contribution >= 4 is 28.4 Å². The van der Waals surface area contributed by atoms with Crippen molar-refractivity contribution in [1.29, 1.82) is 0 Å². The molecule has 0 atom stereocenters. The Kier molecular flexibility index (Phi) is 3.93. The van der Waals surface area contributed by atoms with Crippen molar-refractivity contribution in [2.24, 2.45) is 0 Å². The van der Waals surface area contributed by atoms with Crippen LogP contribution >= 0.6 is 0 Å². The van der Waals surface area contributed by atoms with E-state index in [0.29, 0.717) is 5.56 Å². The quantitative estimate of drug-likeness (QED) is 0.315. The Morgan fingerprint density at radius 3 is 2.52 bits per heavy atom. The fourth-order valence-corrected chi connectivity index (χ4v) is 2.27. The van der Waals surface area contributed by atoms with E-state index in [1.807, 2.05) is 30.3 Å². The third kappa shape index (κ3) is 3.13. The molecule has 0 bridgehead atoms. The van der Waals surface area contributed by atoms with Crippen LogP contribution in [-0.2, 0) is 0 Å². The Bertz CT molecular complexity index is 910. The van der Waals surface area contributed by atoms with Gasteiger partial charge in [-0.2, -0.15) is 0 Å². The Morgan fingerprint density at radius 1 is 1.04 bits per heavy atom. The summed E-state index contributed by atoms with van der Waals surface area (Å²) in [6.07, 6.45) is 4.86. The van der Waals surface area contributed by atoms with Crippen LogP contribution < -0.4 is 0 Å². The lowest BCUT2D eigenvalue weighted by molar-refractivity contribution is -0.384. The maximum absolute atomic E-state index is 12.2. The molecule has 3 rings (SSSR count). The van der Waals surface area contributed by atoms with Crippen LogP contribution in [-0.4, -0.2) is 15.7 Å². The number of nitro benzene ring substituents is 1. The molecule has 0 aliphatic rings. The van der Waals surface area contributed by atoms with Gasteiger partial charge in [0.05, 0.1) is 10.4 Å². The van der Waals surface area contributed by atoms with Crippen LogP contribution in [0.25, 0.3) is 17.0 Å². The van der Waals surface area contributed by atoms with E-state index in [2.05, 4.69) is 4.98 Å². The number of hydrogen-bond donors (Lipinski definition) is 0. The summed E-state index contributed by atoms with van der Waals surface area (Å²) >= 11 is 0. The fourth-order valence-electron chi connectivity index (χ4n) is 2.27. The number of benzene rings is 2. The zero-order chi connectivity index (χ0) is 16.2. The zero-order valence-electron chi connectivity index (χ0n) is 12.0. The summed E-state index contributed by atoms with van der Waals surface area (Å²) in [7, 11) is 0. The van der Waals surface area contributed by atoms with Crippen LogP contribution in [0.5, 0.6) is 0 Å². The first-order chi connectivity index (χ1) is 11.1. The predicted octanol–water partition coefficient (Wildman–Crippen LogP) is 4.04. The Labute approximate surface area is 132 Å². The molecule has 1 heterocycles. The molecule has 0 saturated carbocycles. The van der Waals surface area contributed by atoms with E-state index >= 15 is 0 Å². The van der Waals surface area contributed by atoms with Crippen molar-refractivity contribution in [1.82, 2.24) is 4.98 Å². The van der Waals surface area contributed by atoms with Gasteiger partial charge in [0, 0.05) is 34.8 Å². The lowest BCUT2D eigenvalue weighted by Gasteiger charge is -2.00. The lowest BCUT2D eigenvalue weighted by Crippen LogP contribution is -1.95. The maximum Gasteiger partial charge on any atom is 0.269 e. The zero-order valence-corrected chi connectivity index (χ0v) is 12.0. The summed E-state index contributed by atoms with van der Waals surface area (Å²) in [5.41, 5.74) is 2.03. The molecule has 0 unspecified atom stereocenters. The molecule has 3 aromatic rings. The van der Waals surface area contributed by atoms with Crippen LogP contribution in [0.1, 0.15) is 15.9 Å². The first-order valence-electron chi connectivity index (χ1n) is 6.96. The van der Waals surface area contributed by atoms with E-state index in [0.717, 1.165) is 16.5 Å². The van der Waals surface area contributed by atoms with E-state index in [1.165, 1.54) is 30.3 Å². The Morgan fingerprint density at radius 2 is 1.78 bits per heavy atom. The molecule has 5 heteroatoms. The smallest absolute Gasteiger partial charge is 0.269 e. The van der Waals surface area contributed by atoms with Gasteiger partial charge < -0.3 is 0 Å². The molecular weight excluding hydrogens is 292 g/mol. The van der Waals surface area contributed by atoms with E-state index in [4.69, 9.17) is 0 Å². The van der Waals surface area contributed by atoms with Crippen molar-refractivity contribution < 1.29 is 9.72 Å². The average molecular weight is 304 g/mol. The van der Waals surface area contributed by atoms with Crippen LogP contribution in [0, 0.1) is 10.1 Å². The number of nitro groups is 1. The van der Waals surface area contributed by atoms with E-state index < -0.39 is 4.92 Å². The Balaban J connectivity index is 1.86. The van der Waals surface area contributed by atoms with E-state index in [9.17, 15) is 14.9 Å². The highest BCUT2D eigenvalue weighted by Gasteiger charge is 2.07. The van der Waals surface area contributed by atoms with Crippen LogP contribution in [0.4, 0.5) is 5.69 Å². The van der Waals surface area contributed by atoms with Crippen LogP contribution in [0.15, 0.2) is 66.9 Å². The second-order valence-electron chi connectivity index (χ2n) is 4.92. The summed E-state index contributed by atoms with van der Waals surface area (Å²) in [5, 5.41) is 11.6. The SMILES string of the molecule is O=C(/C=C/c1cccc2cccnc12)c1ccc([N+](=O)[O-])cc1. The van der Waals surface area contributed by atoms with Gasteiger partial charge in [0.1, 0.15) is 0 Å². The lowest BCUT2D eigenvalue weighted by atomic mass is 10.1. The third-order valence-electron chi connectivity index (χ3n) is 3.44. The second kappa shape index (κ2) is 6.19. The number of rotatable bonds is 4. The molecule has 0 N–H and O–H groups in total. The van der Waals surface area contributed by atoms with Gasteiger partial charge in [-0.3, -0.25) is 19.9 Å². The molecule has 112 valence electrons. The van der Waals surface area contributed by atoms with Crippen LogP contribution in [0.2, 0.25) is 0 Å². The molecule has 0 amide bonds. The van der Waals surface area contributed by atoms with Gasteiger partial charge in [-0.15, -0.1) is 0 Å². The molecule has 1 aromatic heterocycles. The molecule has 23 heavy (non-hydrogen) atoms. The number of non-ortho nitro benzene ring substituents is 1. The molecule has 0 aliphatic carbocycles. The van der Waals surface area contributed by atoms with E-state index in [-0.39, 0.29) is 11.5 Å². The normalized spacial score (nSPS) is 11.0. The fraction of sp³-hybridized carbons (Fsp3) is 0. The third-order valence-corrected chi connectivity index (χ3v) is 3.44. The highest BCUT2D eigenvalue weighted by atomic mass is 16.6. The standard InChI is InChI=1S/C18H12N2O3/c21-17(13-6-9-16(10-7-13)20(22)23)11-8-15-4-1-3-14-5-2-12-19-18(14)15/h1-12H/b11-8+. The predicted molar refractivity (Wildman–Crippen MR) is 88.2 cm³/mol. The number of ketones is 1. The van der Waals surface area contributed by atoms with Gasteiger partial charge in [-0.1, -0.05) is 24.3 Å². The monoisotopic (exact) mass is 304 g/mol. The molecule has 0 spiro atoms. The van der Waals surface area contributed by atoms with Crippen molar-refractivity contribution in [3.63, 3.8) is 0 Å². The van der Waals surface area contributed by atoms with Crippen molar-refractivity contribution in [2.45, 2.75) is 0 Å². The summed E-state index contributed by atoms with van der Waals surface area (Å²) in [4.78, 5) is 26.6. The number of aromatic nitrogens is 1. The number of carbonyl (C=O) groups is 1. The highest BCUT2D eigenvalue weighted by Crippen LogP contribution is 2.18. The number of para-hydroxylation sites is 1. The molecule has 0 saturated heterocycles. The number of nitrogens with zero attached hydrogens (tertiary/aromatic N) is 2. The number of allylic oxidation sites excluding steroid dienone is 1. The minimum Gasteiger partial charge on any atom is -0.289 e. The van der Waals surface area contributed by atoms with Gasteiger partial charge in [0.25, 0.3) is 5.69 Å². The van der Waals surface area contributed by atoms with Gasteiger partial charge >= 0.3 is 0 Å². The van der Waals surface area contributed by atoms with Gasteiger partial charge in [0.2, 0.25) is 0 Å². The summed E-state index contributed by atoms with van der Waals surface area (Å²) in [5.74, 6) is -0.215. The molecule has 2 aromatic carbocycles. The second-order valence-corrected chi connectivity index (χ2v) is 4.92. The molecular formula is C18H12N2O3. The number of fused-ring (bicyclic) bond motifs is 1. The van der Waals surface area contributed by atoms with Gasteiger partial charge in [-0.25, -0.2) is 0 Å². The van der Waals surface area contributed by atoms with Crippen molar-refractivity contribution in [2.75, 3.05) is 0 Å². The Hall–Kier alpha value is -3.34. The highest BCUT2D eigenvalue weighted by molar-refractivity contribution is 6.07. The van der Waals surface area contributed by atoms with Crippen molar-refractivity contribution in [3.8, 4) is 0 Å². The van der Waals surface area contributed by atoms with Gasteiger partial charge in [0.15, 0.2) is 5.78 Å². The first kappa shape index (κ1) is 14.6. The number of hydrogen-bond acceptors (Lipinski definition) is 4. The largest absolute Gasteiger partial charge is 0.289 e. The molecule has 0 radical (unpaired) electrons.